The Morgan fingerprint density at radius 3 is 2.48 bits per heavy atom. The number of hydroxylamine groups is 3. The van der Waals surface area contributed by atoms with Crippen molar-refractivity contribution in [1.82, 2.24) is 19.7 Å². The Hall–Kier alpha value is -1.56. The van der Waals surface area contributed by atoms with Crippen molar-refractivity contribution in [2.75, 3.05) is 19.6 Å². The van der Waals surface area contributed by atoms with Gasteiger partial charge in [-0.05, 0) is 19.3 Å². The Bertz CT molecular complexity index is 831. The SMILES string of the molecule is NS(=O)(=O)N1CCC(ONC(=O)[C@@H]2CCC3CN2C(=O)N3OS(=O)(=O)O)C1. The van der Waals surface area contributed by atoms with Crippen LogP contribution in [0.15, 0.2) is 0 Å². The quantitative estimate of drug-likeness (QED) is 0.298. The van der Waals surface area contributed by atoms with Gasteiger partial charge in [0.25, 0.3) is 16.1 Å². The van der Waals surface area contributed by atoms with Crippen LogP contribution in [0.1, 0.15) is 19.3 Å². The molecule has 3 heterocycles. The van der Waals surface area contributed by atoms with Gasteiger partial charge < -0.3 is 4.90 Å². The molecule has 3 rings (SSSR count). The van der Waals surface area contributed by atoms with Crippen LogP contribution in [0.5, 0.6) is 0 Å². The fourth-order valence-electron chi connectivity index (χ4n) is 3.34. The maximum Gasteiger partial charge on any atom is 0.418 e. The largest absolute Gasteiger partial charge is 0.418 e. The van der Waals surface area contributed by atoms with E-state index in [9.17, 15) is 26.4 Å². The highest BCUT2D eigenvalue weighted by atomic mass is 32.3. The molecule has 3 fully saturated rings. The van der Waals surface area contributed by atoms with Crippen LogP contribution < -0.4 is 10.6 Å². The topological polar surface area (TPSA) is 189 Å². The van der Waals surface area contributed by atoms with E-state index in [1.54, 1.807) is 0 Å². The Morgan fingerprint density at radius 1 is 1.19 bits per heavy atom. The van der Waals surface area contributed by atoms with Gasteiger partial charge >= 0.3 is 16.4 Å². The van der Waals surface area contributed by atoms with Crippen LogP contribution in [-0.4, -0.2) is 85.4 Å². The molecule has 0 aromatic carbocycles. The van der Waals surface area contributed by atoms with Crippen LogP contribution in [0.25, 0.3) is 0 Å². The predicted molar refractivity (Wildman–Crippen MR) is 85.7 cm³/mol. The third-order valence-corrected chi connectivity index (χ3v) is 5.99. The number of carbonyl (C=O) groups excluding carboxylic acids is 2. The number of fused-ring (bicyclic) bond motifs is 2. The van der Waals surface area contributed by atoms with Gasteiger partial charge in [0.1, 0.15) is 12.1 Å². The minimum absolute atomic E-state index is 0.00945. The van der Waals surface area contributed by atoms with Gasteiger partial charge in [-0.3, -0.25) is 14.2 Å². The van der Waals surface area contributed by atoms with Gasteiger partial charge in [0, 0.05) is 19.6 Å². The van der Waals surface area contributed by atoms with E-state index in [0.717, 1.165) is 9.21 Å². The van der Waals surface area contributed by atoms with Gasteiger partial charge in [-0.25, -0.2) is 15.4 Å². The summed E-state index contributed by atoms with van der Waals surface area (Å²) in [5.74, 6) is -0.635. The molecule has 4 N–H and O–H groups in total. The minimum atomic E-state index is -4.87. The zero-order chi connectivity index (χ0) is 20.0. The minimum Gasteiger partial charge on any atom is -0.309 e. The molecule has 0 aliphatic carbocycles. The van der Waals surface area contributed by atoms with E-state index >= 15 is 0 Å². The maximum atomic E-state index is 12.3. The second-order valence-electron chi connectivity index (χ2n) is 6.41. The zero-order valence-electron chi connectivity index (χ0n) is 13.9. The molecule has 27 heavy (non-hydrogen) atoms. The molecule has 2 bridgehead atoms. The first kappa shape index (κ1) is 20.2. The molecule has 3 aliphatic rings. The molecule has 0 radical (unpaired) electrons. The summed E-state index contributed by atoms with van der Waals surface area (Å²) < 4.78 is 58.3. The van der Waals surface area contributed by atoms with Crippen LogP contribution in [0.3, 0.4) is 0 Å². The summed E-state index contributed by atoms with van der Waals surface area (Å²) in [4.78, 5) is 30.9. The lowest BCUT2D eigenvalue weighted by molar-refractivity contribution is -0.143. The fourth-order valence-corrected chi connectivity index (χ4v) is 4.46. The summed E-state index contributed by atoms with van der Waals surface area (Å²) in [7, 11) is -8.70. The average Bonchev–Trinajstić information content (AvgIpc) is 3.12. The van der Waals surface area contributed by atoms with Gasteiger partial charge in [0.15, 0.2) is 0 Å². The van der Waals surface area contributed by atoms with Crippen LogP contribution in [0, 0.1) is 0 Å². The second-order valence-corrected chi connectivity index (χ2v) is 8.96. The molecular formula is C11H19N5O9S2. The summed E-state index contributed by atoms with van der Waals surface area (Å²) in [5, 5.41) is 5.55. The van der Waals surface area contributed by atoms with Gasteiger partial charge in [-0.15, -0.1) is 4.28 Å². The van der Waals surface area contributed by atoms with Crippen LogP contribution >= 0.6 is 0 Å². The molecule has 3 saturated heterocycles. The van der Waals surface area contributed by atoms with Crippen molar-refractivity contribution in [2.45, 2.75) is 37.5 Å². The van der Waals surface area contributed by atoms with E-state index in [0.29, 0.717) is 11.5 Å². The Morgan fingerprint density at radius 2 is 1.89 bits per heavy atom. The molecule has 16 heteroatoms. The first-order valence-electron chi connectivity index (χ1n) is 7.96. The van der Waals surface area contributed by atoms with Gasteiger partial charge in [-0.1, -0.05) is 0 Å². The predicted octanol–water partition coefficient (Wildman–Crippen LogP) is -2.68. The van der Waals surface area contributed by atoms with E-state index in [4.69, 9.17) is 14.5 Å². The van der Waals surface area contributed by atoms with E-state index in [-0.39, 0.29) is 32.5 Å². The molecular weight excluding hydrogens is 410 g/mol. The monoisotopic (exact) mass is 429 g/mol. The highest BCUT2D eigenvalue weighted by Gasteiger charge is 2.49. The number of amides is 3. The Kier molecular flexibility index (Phi) is 5.32. The number of urea groups is 1. The lowest BCUT2D eigenvalue weighted by Gasteiger charge is -2.29. The molecule has 3 amide bonds. The van der Waals surface area contributed by atoms with Crippen molar-refractivity contribution in [1.29, 1.82) is 0 Å². The van der Waals surface area contributed by atoms with Gasteiger partial charge in [-0.2, -0.15) is 26.2 Å². The molecule has 0 spiro atoms. The van der Waals surface area contributed by atoms with Crippen molar-refractivity contribution in [3.05, 3.63) is 0 Å². The molecule has 2 unspecified atom stereocenters. The lowest BCUT2D eigenvalue weighted by Crippen LogP contribution is -2.50. The maximum absolute atomic E-state index is 12.3. The number of nitrogens with two attached hydrogens (primary N) is 1. The number of hydrogen-bond acceptors (Lipinski definition) is 8. The molecule has 3 atom stereocenters. The number of piperidine rings is 1. The van der Waals surface area contributed by atoms with E-state index in [1.807, 2.05) is 0 Å². The zero-order valence-corrected chi connectivity index (χ0v) is 15.6. The molecule has 0 aromatic heterocycles. The normalized spacial score (nSPS) is 29.4. The summed E-state index contributed by atoms with van der Waals surface area (Å²) in [6.07, 6.45) is 0.253. The van der Waals surface area contributed by atoms with Crippen molar-refractivity contribution < 1.29 is 40.1 Å². The van der Waals surface area contributed by atoms with Crippen LogP contribution in [0.4, 0.5) is 4.79 Å². The molecule has 154 valence electrons. The highest BCUT2D eigenvalue weighted by Crippen LogP contribution is 2.30. The van der Waals surface area contributed by atoms with Crippen molar-refractivity contribution >= 4 is 32.5 Å². The summed E-state index contributed by atoms with van der Waals surface area (Å²) in [5.41, 5.74) is 2.21. The van der Waals surface area contributed by atoms with Crippen molar-refractivity contribution in [3.8, 4) is 0 Å². The van der Waals surface area contributed by atoms with Crippen LogP contribution in [-0.2, 0) is 34.5 Å². The standard InChI is InChI=1S/C11H19N5O9S2/c12-26(19,20)14-4-3-8(6-14)24-13-10(17)9-2-1-7-5-15(9)11(18)16(7)25-27(21,22)23/h7-9H,1-6H2,(H,13,17)(H2,12,19,20)(H,21,22,23)/t7?,8?,9-/m0/s1. The van der Waals surface area contributed by atoms with E-state index in [2.05, 4.69) is 9.76 Å². The van der Waals surface area contributed by atoms with Gasteiger partial charge in [0.05, 0.1) is 6.04 Å². The average molecular weight is 429 g/mol. The lowest BCUT2D eigenvalue weighted by atomic mass is 10.0. The van der Waals surface area contributed by atoms with E-state index < -0.39 is 50.7 Å². The smallest absolute Gasteiger partial charge is 0.309 e. The van der Waals surface area contributed by atoms with Crippen LogP contribution in [0.2, 0.25) is 0 Å². The highest BCUT2D eigenvalue weighted by molar-refractivity contribution is 7.86. The first-order valence-corrected chi connectivity index (χ1v) is 10.8. The molecule has 0 saturated carbocycles. The Labute approximate surface area is 155 Å². The second kappa shape index (κ2) is 7.12. The number of nitrogens with one attached hydrogen (secondary N) is 1. The molecule has 3 aliphatic heterocycles. The summed E-state index contributed by atoms with van der Waals surface area (Å²) >= 11 is 0. The molecule has 14 nitrogen and oxygen atoms in total. The number of nitrogens with zero attached hydrogens (tertiary/aromatic N) is 3. The first-order chi connectivity index (χ1) is 12.5. The van der Waals surface area contributed by atoms with Gasteiger partial charge in [0.2, 0.25) is 0 Å². The van der Waals surface area contributed by atoms with Crippen molar-refractivity contribution in [3.63, 3.8) is 0 Å². The summed E-state index contributed by atoms with van der Waals surface area (Å²) in [6.45, 7) is 0.205. The Balaban J connectivity index is 1.55. The fraction of sp³-hybridized carbons (Fsp3) is 0.818. The number of rotatable bonds is 6. The third-order valence-electron chi connectivity index (χ3n) is 4.59. The summed E-state index contributed by atoms with van der Waals surface area (Å²) in [6, 6.07) is -2.39. The third kappa shape index (κ3) is 4.48. The van der Waals surface area contributed by atoms with E-state index in [1.165, 1.54) is 0 Å². The number of hydrogen-bond donors (Lipinski definition) is 3. The number of carbonyl (C=O) groups is 2. The van der Waals surface area contributed by atoms with Crippen molar-refractivity contribution in [2.24, 2.45) is 5.14 Å². The molecule has 0 aromatic rings.